The molecule has 8 heteroatoms. The first-order valence-electron chi connectivity index (χ1n) is 9.73. The van der Waals surface area contributed by atoms with Gasteiger partial charge in [0.25, 0.3) is 5.56 Å². The summed E-state index contributed by atoms with van der Waals surface area (Å²) >= 11 is 0. The van der Waals surface area contributed by atoms with Gasteiger partial charge < -0.3 is 14.2 Å². The number of ether oxygens (including phenoxy) is 3. The fraction of sp³-hybridized carbons (Fsp3) is 0.700. The van der Waals surface area contributed by atoms with Gasteiger partial charge in [0.2, 0.25) is 0 Å². The highest BCUT2D eigenvalue weighted by atomic mass is 19.1. The maximum absolute atomic E-state index is 14.3. The largest absolute Gasteiger partial charge is 0.378 e. The summed E-state index contributed by atoms with van der Waals surface area (Å²) in [6, 6.07) is 1.19. The number of unbranched alkanes of at least 4 members (excludes halogenated alkanes) is 2. The molecule has 0 spiro atoms. The van der Waals surface area contributed by atoms with E-state index in [0.717, 1.165) is 25.7 Å². The van der Waals surface area contributed by atoms with Crippen LogP contribution in [0, 0.1) is 18.3 Å². The van der Waals surface area contributed by atoms with Gasteiger partial charge in [0.15, 0.2) is 6.23 Å². The Labute approximate surface area is 164 Å². The molecule has 28 heavy (non-hydrogen) atoms. The van der Waals surface area contributed by atoms with E-state index in [2.05, 4.69) is 10.9 Å². The molecule has 156 valence electrons. The molecule has 0 radical (unpaired) electrons. The average Bonchev–Trinajstić information content (AvgIpc) is 2.99. The lowest BCUT2D eigenvalue weighted by atomic mass is 9.91. The maximum Gasteiger partial charge on any atom is 0.330 e. The van der Waals surface area contributed by atoms with Crippen molar-refractivity contribution in [1.29, 1.82) is 0 Å². The highest BCUT2D eigenvalue weighted by Gasteiger charge is 2.57. The highest BCUT2D eigenvalue weighted by molar-refractivity contribution is 5.12. The molecule has 1 aliphatic heterocycles. The first-order chi connectivity index (χ1) is 13.5. The molecule has 0 saturated carbocycles. The minimum Gasteiger partial charge on any atom is -0.378 e. The fourth-order valence-corrected chi connectivity index (χ4v) is 3.25. The van der Waals surface area contributed by atoms with Gasteiger partial charge in [-0.3, -0.25) is 14.3 Å². The van der Waals surface area contributed by atoms with Crippen molar-refractivity contribution in [2.75, 3.05) is 26.5 Å². The number of aromatic nitrogens is 2. The summed E-state index contributed by atoms with van der Waals surface area (Å²) in [5, 5.41) is 0. The first kappa shape index (κ1) is 22.3. The van der Waals surface area contributed by atoms with Crippen LogP contribution in [0.25, 0.3) is 0 Å². The van der Waals surface area contributed by atoms with Gasteiger partial charge in [-0.1, -0.05) is 32.6 Å². The molecule has 0 amide bonds. The summed E-state index contributed by atoms with van der Waals surface area (Å²) in [4.78, 5) is 25.8. The highest BCUT2D eigenvalue weighted by Crippen LogP contribution is 2.43. The number of halogens is 1. The van der Waals surface area contributed by atoms with Gasteiger partial charge in [-0.15, -0.1) is 6.42 Å². The predicted octanol–water partition coefficient (Wildman–Crippen LogP) is 2.03. The van der Waals surface area contributed by atoms with Crippen LogP contribution in [0.5, 0.6) is 0 Å². The van der Waals surface area contributed by atoms with Crippen LogP contribution in [0.4, 0.5) is 4.39 Å². The molecule has 2 heterocycles. The SMILES string of the molecule is C#C[C@@H]1[C@H](n2ccc(=O)[nH]c2=O)O[C@](CF)(COCCCC)[C@H]1OCCCC. The van der Waals surface area contributed by atoms with Crippen LogP contribution < -0.4 is 11.2 Å². The third kappa shape index (κ3) is 4.90. The number of terminal acetylenes is 1. The van der Waals surface area contributed by atoms with E-state index in [4.69, 9.17) is 20.6 Å². The second-order valence-electron chi connectivity index (χ2n) is 6.97. The molecular weight excluding hydrogens is 367 g/mol. The predicted molar refractivity (Wildman–Crippen MR) is 103 cm³/mol. The molecule has 1 N–H and O–H groups in total. The zero-order valence-electron chi connectivity index (χ0n) is 16.5. The Kier molecular flexibility index (Phi) is 8.42. The van der Waals surface area contributed by atoms with Crippen LogP contribution in [-0.4, -0.2) is 47.8 Å². The number of rotatable bonds is 11. The van der Waals surface area contributed by atoms with Crippen molar-refractivity contribution in [1.82, 2.24) is 9.55 Å². The van der Waals surface area contributed by atoms with Crippen molar-refractivity contribution in [2.24, 2.45) is 5.92 Å². The van der Waals surface area contributed by atoms with Crippen LogP contribution in [-0.2, 0) is 14.2 Å². The van der Waals surface area contributed by atoms with Gasteiger partial charge in [0.1, 0.15) is 18.4 Å². The summed E-state index contributed by atoms with van der Waals surface area (Å²) in [6.07, 6.45) is 8.76. The van der Waals surface area contributed by atoms with Gasteiger partial charge >= 0.3 is 5.69 Å². The lowest BCUT2D eigenvalue weighted by Gasteiger charge is -2.32. The van der Waals surface area contributed by atoms with Crippen LogP contribution in [0.3, 0.4) is 0 Å². The molecule has 0 unspecified atom stereocenters. The van der Waals surface area contributed by atoms with Crippen molar-refractivity contribution in [3.8, 4) is 12.3 Å². The summed E-state index contributed by atoms with van der Waals surface area (Å²) in [6.45, 7) is 4.01. The van der Waals surface area contributed by atoms with Crippen molar-refractivity contribution >= 4 is 0 Å². The molecule has 0 aliphatic carbocycles. The fourth-order valence-electron chi connectivity index (χ4n) is 3.25. The Bertz CT molecular complexity index is 771. The second kappa shape index (κ2) is 10.6. The molecule has 1 saturated heterocycles. The quantitative estimate of drug-likeness (QED) is 0.457. The Balaban J connectivity index is 2.36. The number of nitrogens with zero attached hydrogens (tertiary/aromatic N) is 1. The van der Waals surface area contributed by atoms with Crippen molar-refractivity contribution in [3.05, 3.63) is 33.1 Å². The van der Waals surface area contributed by atoms with Crippen molar-refractivity contribution in [3.63, 3.8) is 0 Å². The number of hydrogen-bond acceptors (Lipinski definition) is 5. The van der Waals surface area contributed by atoms with E-state index >= 15 is 0 Å². The Morgan fingerprint density at radius 1 is 1.32 bits per heavy atom. The summed E-state index contributed by atoms with van der Waals surface area (Å²) in [5.74, 6) is 1.88. The molecule has 1 aromatic heterocycles. The molecule has 1 aliphatic rings. The standard InChI is InChI=1S/C20H29FN2O5/c1-4-7-11-26-14-20(13-21)17(27-12-8-5-2)15(6-3)18(28-20)23-10-9-16(24)22-19(23)25/h3,9-10,15,17-18H,4-5,7-8,11-14H2,1-2H3,(H,22,24,25)/t15-,17-,18+,20+/m0/s1. The summed E-state index contributed by atoms with van der Waals surface area (Å²) in [7, 11) is 0. The number of nitrogens with one attached hydrogen (secondary N) is 1. The number of hydrogen-bond donors (Lipinski definition) is 1. The molecule has 4 atom stereocenters. The molecule has 0 aromatic carbocycles. The van der Waals surface area contributed by atoms with E-state index in [0.29, 0.717) is 13.2 Å². The Hall–Kier alpha value is -1.95. The van der Waals surface area contributed by atoms with Crippen LogP contribution in [0.2, 0.25) is 0 Å². The van der Waals surface area contributed by atoms with Gasteiger partial charge in [-0.25, -0.2) is 9.18 Å². The van der Waals surface area contributed by atoms with E-state index in [1.807, 2.05) is 13.8 Å². The van der Waals surface area contributed by atoms with Gasteiger partial charge in [-0.05, 0) is 12.8 Å². The summed E-state index contributed by atoms with van der Waals surface area (Å²) < 4.78 is 33.1. The van der Waals surface area contributed by atoms with Gasteiger partial charge in [0, 0.05) is 25.5 Å². The van der Waals surface area contributed by atoms with E-state index < -0.39 is 41.8 Å². The van der Waals surface area contributed by atoms with Crippen LogP contribution in [0.15, 0.2) is 21.9 Å². The molecule has 0 bridgehead atoms. The molecule has 1 aromatic rings. The third-order valence-electron chi connectivity index (χ3n) is 4.84. The van der Waals surface area contributed by atoms with Gasteiger partial charge in [0.05, 0.1) is 12.5 Å². The topological polar surface area (TPSA) is 82.6 Å². The van der Waals surface area contributed by atoms with E-state index in [1.165, 1.54) is 16.8 Å². The third-order valence-corrected chi connectivity index (χ3v) is 4.84. The average molecular weight is 396 g/mol. The van der Waals surface area contributed by atoms with Crippen LogP contribution >= 0.6 is 0 Å². The molecular formula is C20H29FN2O5. The minimum atomic E-state index is -1.42. The monoisotopic (exact) mass is 396 g/mol. The van der Waals surface area contributed by atoms with E-state index in [-0.39, 0.29) is 6.61 Å². The first-order valence-corrected chi connectivity index (χ1v) is 9.73. The normalized spacial score (nSPS) is 27.0. The second-order valence-corrected chi connectivity index (χ2v) is 6.97. The van der Waals surface area contributed by atoms with Crippen molar-refractivity contribution < 1.29 is 18.6 Å². The number of alkyl halides is 1. The number of aromatic amines is 1. The molecule has 7 nitrogen and oxygen atoms in total. The van der Waals surface area contributed by atoms with E-state index in [9.17, 15) is 14.0 Å². The van der Waals surface area contributed by atoms with Gasteiger partial charge in [-0.2, -0.15) is 0 Å². The lowest BCUT2D eigenvalue weighted by molar-refractivity contribution is -0.160. The van der Waals surface area contributed by atoms with E-state index in [1.54, 1.807) is 0 Å². The Morgan fingerprint density at radius 2 is 2.04 bits per heavy atom. The molecule has 2 rings (SSSR count). The number of H-pyrrole nitrogens is 1. The van der Waals surface area contributed by atoms with Crippen molar-refractivity contribution in [2.45, 2.75) is 57.5 Å². The maximum atomic E-state index is 14.3. The molecule has 1 fully saturated rings. The lowest BCUT2D eigenvalue weighted by Crippen LogP contribution is -2.49. The Morgan fingerprint density at radius 3 is 2.64 bits per heavy atom. The van der Waals surface area contributed by atoms with Crippen LogP contribution in [0.1, 0.15) is 45.8 Å². The zero-order chi connectivity index (χ0) is 20.6. The zero-order valence-corrected chi connectivity index (χ0v) is 16.5. The minimum absolute atomic E-state index is 0.0346. The summed E-state index contributed by atoms with van der Waals surface area (Å²) in [5.41, 5.74) is -2.63. The smallest absolute Gasteiger partial charge is 0.330 e.